The number of nitrogens with one attached hydrogen (secondary N) is 2. The van der Waals surface area contributed by atoms with E-state index in [4.69, 9.17) is 0 Å². The van der Waals surface area contributed by atoms with Crippen LogP contribution in [0.5, 0.6) is 0 Å². The van der Waals surface area contributed by atoms with Crippen LogP contribution in [0.25, 0.3) is 0 Å². The van der Waals surface area contributed by atoms with Crippen molar-refractivity contribution in [1.82, 2.24) is 10.6 Å². The third kappa shape index (κ3) is 4.03. The first kappa shape index (κ1) is 14.5. The van der Waals surface area contributed by atoms with Crippen molar-refractivity contribution in [3.63, 3.8) is 0 Å². The number of amides is 1. The quantitative estimate of drug-likeness (QED) is 0.795. The number of hydrogen-bond donors (Lipinski definition) is 2. The van der Waals surface area contributed by atoms with Crippen molar-refractivity contribution in [3.05, 3.63) is 35.4 Å². The zero-order valence-corrected chi connectivity index (χ0v) is 9.97. The Morgan fingerprint density at radius 3 is 2.50 bits per heavy atom. The molecule has 0 unspecified atom stereocenters. The zero-order valence-electron chi connectivity index (χ0n) is 9.97. The van der Waals surface area contributed by atoms with E-state index in [1.807, 2.05) is 6.92 Å². The second-order valence-corrected chi connectivity index (χ2v) is 3.65. The van der Waals surface area contributed by atoms with E-state index in [-0.39, 0.29) is 5.56 Å². The molecule has 0 radical (unpaired) electrons. The summed E-state index contributed by atoms with van der Waals surface area (Å²) in [5, 5.41) is 5.41. The molecule has 0 bridgehead atoms. The molecule has 1 amide bonds. The van der Waals surface area contributed by atoms with E-state index in [0.717, 1.165) is 12.6 Å². The van der Waals surface area contributed by atoms with Crippen molar-refractivity contribution in [2.75, 3.05) is 19.6 Å². The Bertz CT molecular complexity index is 405. The highest BCUT2D eigenvalue weighted by Gasteiger charge is 2.34. The molecular weight excluding hydrogens is 245 g/mol. The summed E-state index contributed by atoms with van der Waals surface area (Å²) in [5.74, 6) is -0.708. The van der Waals surface area contributed by atoms with E-state index in [2.05, 4.69) is 10.6 Å². The Morgan fingerprint density at radius 2 is 1.89 bits per heavy atom. The van der Waals surface area contributed by atoms with E-state index in [9.17, 15) is 18.0 Å². The predicted octanol–water partition coefficient (Wildman–Crippen LogP) is 2.04. The van der Waals surface area contributed by atoms with Crippen molar-refractivity contribution in [2.24, 2.45) is 0 Å². The molecule has 3 nitrogen and oxygen atoms in total. The van der Waals surface area contributed by atoms with Crippen molar-refractivity contribution >= 4 is 5.91 Å². The van der Waals surface area contributed by atoms with Crippen molar-refractivity contribution < 1.29 is 18.0 Å². The SMILES string of the molecule is CCNCCNC(=O)c1ccccc1C(F)(F)F. The summed E-state index contributed by atoms with van der Waals surface area (Å²) in [4.78, 5) is 11.6. The number of carbonyl (C=O) groups is 1. The van der Waals surface area contributed by atoms with Crippen molar-refractivity contribution in [1.29, 1.82) is 0 Å². The van der Waals surface area contributed by atoms with Crippen LogP contribution in [-0.4, -0.2) is 25.5 Å². The lowest BCUT2D eigenvalue weighted by molar-refractivity contribution is -0.137. The van der Waals surface area contributed by atoms with Gasteiger partial charge < -0.3 is 10.6 Å². The molecule has 100 valence electrons. The first-order valence-corrected chi connectivity index (χ1v) is 5.62. The number of halogens is 3. The van der Waals surface area contributed by atoms with Gasteiger partial charge in [-0.25, -0.2) is 0 Å². The minimum Gasteiger partial charge on any atom is -0.351 e. The van der Waals surface area contributed by atoms with Crippen LogP contribution in [0.3, 0.4) is 0 Å². The Morgan fingerprint density at radius 1 is 1.22 bits per heavy atom. The maximum Gasteiger partial charge on any atom is 0.417 e. The Kier molecular flexibility index (Phi) is 5.15. The van der Waals surface area contributed by atoms with Gasteiger partial charge in [0.15, 0.2) is 0 Å². The highest BCUT2D eigenvalue weighted by molar-refractivity contribution is 5.95. The lowest BCUT2D eigenvalue weighted by Crippen LogP contribution is -2.32. The average Bonchev–Trinajstić information content (AvgIpc) is 2.33. The van der Waals surface area contributed by atoms with Gasteiger partial charge in [0.05, 0.1) is 11.1 Å². The van der Waals surface area contributed by atoms with E-state index >= 15 is 0 Å². The number of likely N-dealkylation sites (N-methyl/N-ethyl adjacent to an activating group) is 1. The van der Waals surface area contributed by atoms with Gasteiger partial charge in [-0.1, -0.05) is 19.1 Å². The zero-order chi connectivity index (χ0) is 13.6. The van der Waals surface area contributed by atoms with Gasteiger partial charge >= 0.3 is 6.18 Å². The van der Waals surface area contributed by atoms with Gasteiger partial charge in [-0.05, 0) is 18.7 Å². The van der Waals surface area contributed by atoms with Crippen LogP contribution in [0, 0.1) is 0 Å². The summed E-state index contributed by atoms with van der Waals surface area (Å²) in [5.41, 5.74) is -1.26. The molecule has 0 saturated carbocycles. The molecule has 0 aromatic heterocycles. The van der Waals surface area contributed by atoms with Gasteiger partial charge in [-0.2, -0.15) is 13.2 Å². The summed E-state index contributed by atoms with van der Waals surface area (Å²) in [6.07, 6.45) is -4.52. The van der Waals surface area contributed by atoms with E-state index < -0.39 is 17.6 Å². The molecule has 0 aliphatic carbocycles. The fraction of sp³-hybridized carbons (Fsp3) is 0.417. The number of alkyl halides is 3. The van der Waals surface area contributed by atoms with Gasteiger partial charge in [0.1, 0.15) is 0 Å². The molecule has 0 atom stereocenters. The molecule has 18 heavy (non-hydrogen) atoms. The minimum absolute atomic E-state index is 0.291. The topological polar surface area (TPSA) is 41.1 Å². The molecule has 6 heteroatoms. The van der Waals surface area contributed by atoms with Crippen molar-refractivity contribution in [3.8, 4) is 0 Å². The highest BCUT2D eigenvalue weighted by Crippen LogP contribution is 2.31. The van der Waals surface area contributed by atoms with Crippen LogP contribution in [0.4, 0.5) is 13.2 Å². The number of hydrogen-bond acceptors (Lipinski definition) is 2. The Hall–Kier alpha value is -1.56. The third-order valence-corrected chi connectivity index (χ3v) is 2.31. The fourth-order valence-corrected chi connectivity index (χ4v) is 1.46. The van der Waals surface area contributed by atoms with Gasteiger partial charge in [-0.15, -0.1) is 0 Å². The molecule has 0 aliphatic heterocycles. The normalized spacial score (nSPS) is 11.3. The van der Waals surface area contributed by atoms with Crippen LogP contribution in [0.15, 0.2) is 24.3 Å². The lowest BCUT2D eigenvalue weighted by Gasteiger charge is -2.12. The third-order valence-electron chi connectivity index (χ3n) is 2.31. The Labute approximate surface area is 103 Å². The summed E-state index contributed by atoms with van der Waals surface area (Å²) < 4.78 is 38.0. The molecule has 0 fully saturated rings. The Balaban J connectivity index is 2.74. The highest BCUT2D eigenvalue weighted by atomic mass is 19.4. The number of benzene rings is 1. The van der Waals surface area contributed by atoms with Crippen LogP contribution in [-0.2, 0) is 6.18 Å². The van der Waals surface area contributed by atoms with E-state index in [0.29, 0.717) is 13.1 Å². The smallest absolute Gasteiger partial charge is 0.351 e. The largest absolute Gasteiger partial charge is 0.417 e. The lowest BCUT2D eigenvalue weighted by atomic mass is 10.1. The van der Waals surface area contributed by atoms with Gasteiger partial charge in [0.2, 0.25) is 0 Å². The van der Waals surface area contributed by atoms with Crippen LogP contribution >= 0.6 is 0 Å². The molecule has 1 aromatic carbocycles. The predicted molar refractivity (Wildman–Crippen MR) is 62.3 cm³/mol. The molecular formula is C12H15F3N2O. The minimum atomic E-state index is -4.52. The van der Waals surface area contributed by atoms with E-state index in [1.54, 1.807) is 0 Å². The molecule has 1 aromatic rings. The summed E-state index contributed by atoms with van der Waals surface area (Å²) in [6.45, 7) is 3.46. The summed E-state index contributed by atoms with van der Waals surface area (Å²) in [7, 11) is 0. The first-order valence-electron chi connectivity index (χ1n) is 5.62. The monoisotopic (exact) mass is 260 g/mol. The molecule has 0 spiro atoms. The second-order valence-electron chi connectivity index (χ2n) is 3.65. The number of carbonyl (C=O) groups excluding carboxylic acids is 1. The van der Waals surface area contributed by atoms with Gasteiger partial charge in [-0.3, -0.25) is 4.79 Å². The molecule has 2 N–H and O–H groups in total. The molecule has 1 rings (SSSR count). The first-order chi connectivity index (χ1) is 8.46. The fourth-order valence-electron chi connectivity index (χ4n) is 1.46. The molecule has 0 aliphatic rings. The van der Waals surface area contributed by atoms with Gasteiger partial charge in [0, 0.05) is 13.1 Å². The number of rotatable bonds is 5. The maximum atomic E-state index is 12.7. The second kappa shape index (κ2) is 6.39. The standard InChI is InChI=1S/C12H15F3N2O/c1-2-16-7-8-17-11(18)9-5-3-4-6-10(9)12(13,14)15/h3-6,16H,2,7-8H2,1H3,(H,17,18). The summed E-state index contributed by atoms with van der Waals surface area (Å²) in [6, 6.07) is 4.75. The van der Waals surface area contributed by atoms with E-state index in [1.165, 1.54) is 18.2 Å². The van der Waals surface area contributed by atoms with Crippen LogP contribution in [0.1, 0.15) is 22.8 Å². The van der Waals surface area contributed by atoms with Crippen molar-refractivity contribution in [2.45, 2.75) is 13.1 Å². The maximum absolute atomic E-state index is 12.7. The van der Waals surface area contributed by atoms with Crippen LogP contribution in [0.2, 0.25) is 0 Å². The summed E-state index contributed by atoms with van der Waals surface area (Å²) >= 11 is 0. The van der Waals surface area contributed by atoms with Gasteiger partial charge in [0.25, 0.3) is 5.91 Å². The van der Waals surface area contributed by atoms with Crippen LogP contribution < -0.4 is 10.6 Å². The molecule has 0 saturated heterocycles. The molecule has 0 heterocycles. The average molecular weight is 260 g/mol.